The van der Waals surface area contributed by atoms with E-state index in [0.29, 0.717) is 10.0 Å². The second kappa shape index (κ2) is 9.24. The van der Waals surface area contributed by atoms with Crippen LogP contribution < -0.4 is 0 Å². The molecule has 0 amide bonds. The molecule has 0 saturated carbocycles. The van der Waals surface area contributed by atoms with Gasteiger partial charge in [0.1, 0.15) is 0 Å². The van der Waals surface area contributed by atoms with Crippen LogP contribution in [-0.4, -0.2) is 36.6 Å². The summed E-state index contributed by atoms with van der Waals surface area (Å²) in [5.74, 6) is -4.03. The summed E-state index contributed by atoms with van der Waals surface area (Å²) in [6.07, 6.45) is 0. The highest BCUT2D eigenvalue weighted by molar-refractivity contribution is 9.10. The molecule has 0 unspecified atom stereocenters. The van der Waals surface area contributed by atoms with Crippen LogP contribution in [0.1, 0.15) is 25.3 Å². The Bertz CT molecular complexity index is 559. The molecule has 1 aromatic carbocycles. The Morgan fingerprint density at radius 2 is 1.70 bits per heavy atom. The van der Waals surface area contributed by atoms with Crippen LogP contribution in [0.3, 0.4) is 0 Å². The largest absolute Gasteiger partial charge is 0.465 e. The van der Waals surface area contributed by atoms with Crippen LogP contribution >= 0.6 is 15.9 Å². The number of hydrogen-bond acceptors (Lipinski definition) is 6. The molecule has 0 N–H and O–H groups in total. The van der Waals surface area contributed by atoms with Gasteiger partial charge in [0, 0.05) is 9.40 Å². The lowest BCUT2D eigenvalue weighted by Crippen LogP contribution is -2.36. The predicted octanol–water partition coefficient (Wildman–Crippen LogP) is 2.55. The highest BCUT2D eigenvalue weighted by Crippen LogP contribution is 2.32. The Morgan fingerprint density at radius 1 is 1.17 bits per heavy atom. The summed E-state index contributed by atoms with van der Waals surface area (Å²) in [5, 5.41) is 11.0. The van der Waals surface area contributed by atoms with Gasteiger partial charge in [-0.1, -0.05) is 34.1 Å². The molecular weight excluding hydrogens is 370 g/mol. The minimum Gasteiger partial charge on any atom is -0.465 e. The molecule has 1 rings (SSSR count). The second-order valence-corrected chi connectivity index (χ2v) is 5.48. The van der Waals surface area contributed by atoms with Crippen molar-refractivity contribution in [1.29, 1.82) is 0 Å². The molecule has 0 aliphatic heterocycles. The van der Waals surface area contributed by atoms with E-state index in [1.807, 2.05) is 0 Å². The monoisotopic (exact) mass is 387 g/mol. The van der Waals surface area contributed by atoms with Gasteiger partial charge in [-0.05, 0) is 25.5 Å². The summed E-state index contributed by atoms with van der Waals surface area (Å²) in [6.45, 7) is 2.73. The van der Waals surface area contributed by atoms with Gasteiger partial charge >= 0.3 is 11.9 Å². The van der Waals surface area contributed by atoms with Gasteiger partial charge in [0.25, 0.3) is 0 Å². The molecule has 0 radical (unpaired) electrons. The van der Waals surface area contributed by atoms with Gasteiger partial charge in [-0.25, -0.2) is 0 Å². The molecule has 0 fully saturated rings. The zero-order valence-corrected chi connectivity index (χ0v) is 14.4. The fourth-order valence-electron chi connectivity index (χ4n) is 2.21. The zero-order valence-electron chi connectivity index (χ0n) is 12.9. The fraction of sp³-hybridized carbons (Fsp3) is 0.467. The lowest BCUT2D eigenvalue weighted by atomic mass is 9.85. The smallest absolute Gasteiger partial charge is 0.321 e. The van der Waals surface area contributed by atoms with Crippen molar-refractivity contribution in [3.05, 3.63) is 44.4 Å². The van der Waals surface area contributed by atoms with Crippen LogP contribution in [0.2, 0.25) is 0 Å². The van der Waals surface area contributed by atoms with Gasteiger partial charge in [-0.15, -0.1) is 0 Å². The van der Waals surface area contributed by atoms with Crippen molar-refractivity contribution in [3.63, 3.8) is 0 Å². The van der Waals surface area contributed by atoms with Crippen LogP contribution in [-0.2, 0) is 19.1 Å². The van der Waals surface area contributed by atoms with Gasteiger partial charge in [-0.2, -0.15) is 0 Å². The molecule has 8 heteroatoms. The number of carbonyl (C=O) groups is 2. The quantitative estimate of drug-likeness (QED) is 0.294. The molecule has 0 aliphatic rings. The van der Waals surface area contributed by atoms with Crippen molar-refractivity contribution in [3.8, 4) is 0 Å². The van der Waals surface area contributed by atoms with Crippen LogP contribution in [0.25, 0.3) is 0 Å². The van der Waals surface area contributed by atoms with Crippen LogP contribution in [0.5, 0.6) is 0 Å². The first kappa shape index (κ1) is 19.1. The molecule has 0 heterocycles. The van der Waals surface area contributed by atoms with Gasteiger partial charge < -0.3 is 9.47 Å². The van der Waals surface area contributed by atoms with Crippen molar-refractivity contribution in [2.24, 2.45) is 5.92 Å². The first-order valence-electron chi connectivity index (χ1n) is 7.11. The number of halogens is 1. The Morgan fingerprint density at radius 3 is 2.13 bits per heavy atom. The van der Waals surface area contributed by atoms with Gasteiger partial charge in [-0.3, -0.25) is 19.7 Å². The average Bonchev–Trinajstić information content (AvgIpc) is 2.47. The highest BCUT2D eigenvalue weighted by atomic mass is 79.9. The molecule has 7 nitrogen and oxygen atoms in total. The fourth-order valence-corrected chi connectivity index (χ4v) is 2.79. The molecule has 0 aromatic heterocycles. The van der Waals surface area contributed by atoms with E-state index in [1.54, 1.807) is 38.1 Å². The van der Waals surface area contributed by atoms with E-state index in [9.17, 15) is 19.7 Å². The maximum Gasteiger partial charge on any atom is 0.321 e. The molecule has 0 saturated heterocycles. The molecule has 1 aromatic rings. The van der Waals surface area contributed by atoms with Crippen LogP contribution in [0, 0.1) is 16.0 Å². The summed E-state index contributed by atoms with van der Waals surface area (Å²) in [7, 11) is 0. The van der Waals surface area contributed by atoms with E-state index in [4.69, 9.17) is 9.47 Å². The third-order valence-electron chi connectivity index (χ3n) is 3.13. The van der Waals surface area contributed by atoms with Gasteiger partial charge in [0.05, 0.1) is 19.1 Å². The first-order chi connectivity index (χ1) is 10.9. The predicted molar refractivity (Wildman–Crippen MR) is 85.5 cm³/mol. The SMILES string of the molecule is CCOC(=O)C(C(=O)OCC)[C@H](C[N+](=O)[O-])c1ccccc1Br. The third kappa shape index (κ3) is 5.31. The van der Waals surface area contributed by atoms with E-state index in [2.05, 4.69) is 15.9 Å². The Kier molecular flexibility index (Phi) is 7.67. The number of carbonyl (C=O) groups excluding carboxylic acids is 2. The summed E-state index contributed by atoms with van der Waals surface area (Å²) in [6, 6.07) is 6.74. The number of ether oxygens (including phenoxy) is 2. The summed E-state index contributed by atoms with van der Waals surface area (Å²) in [5.41, 5.74) is 0.482. The standard InChI is InChI=1S/C15H18BrNO6/c1-3-22-14(18)13(15(19)23-4-2)11(9-17(20)21)10-7-5-6-8-12(10)16/h5-8,11,13H,3-4,9H2,1-2H3/t11-/m1/s1. The van der Waals surface area contributed by atoms with Crippen molar-refractivity contribution >= 4 is 27.9 Å². The highest BCUT2D eigenvalue weighted by Gasteiger charge is 2.42. The van der Waals surface area contributed by atoms with E-state index in [1.165, 1.54) is 0 Å². The molecular formula is C15H18BrNO6. The van der Waals surface area contributed by atoms with Gasteiger partial charge in [0.2, 0.25) is 6.54 Å². The molecule has 0 aliphatic carbocycles. The second-order valence-electron chi connectivity index (χ2n) is 4.63. The van der Waals surface area contributed by atoms with Crippen LogP contribution in [0.15, 0.2) is 28.7 Å². The minimum absolute atomic E-state index is 0.0654. The van der Waals surface area contributed by atoms with E-state index >= 15 is 0 Å². The first-order valence-corrected chi connectivity index (χ1v) is 7.91. The topological polar surface area (TPSA) is 95.7 Å². The lowest BCUT2D eigenvalue weighted by molar-refractivity contribution is -0.484. The normalized spacial score (nSPS) is 11.8. The maximum absolute atomic E-state index is 12.2. The van der Waals surface area contributed by atoms with Crippen molar-refractivity contribution in [2.45, 2.75) is 19.8 Å². The number of hydrogen-bond donors (Lipinski definition) is 0. The van der Waals surface area contributed by atoms with Crippen molar-refractivity contribution < 1.29 is 24.0 Å². The van der Waals surface area contributed by atoms with E-state index in [0.717, 1.165) is 0 Å². The summed E-state index contributed by atoms with van der Waals surface area (Å²) < 4.78 is 10.4. The van der Waals surface area contributed by atoms with Crippen LogP contribution in [0.4, 0.5) is 0 Å². The number of nitrogens with zero attached hydrogens (tertiary/aromatic N) is 1. The summed E-state index contributed by atoms with van der Waals surface area (Å²) >= 11 is 3.30. The maximum atomic E-state index is 12.2. The lowest BCUT2D eigenvalue weighted by Gasteiger charge is -2.22. The average molecular weight is 388 g/mol. The number of nitro groups is 1. The Hall–Kier alpha value is -1.96. The molecule has 0 bridgehead atoms. The number of rotatable bonds is 8. The van der Waals surface area contributed by atoms with Crippen molar-refractivity contribution in [2.75, 3.05) is 19.8 Å². The number of benzene rings is 1. The van der Waals surface area contributed by atoms with Crippen molar-refractivity contribution in [1.82, 2.24) is 0 Å². The molecule has 0 spiro atoms. The molecule has 126 valence electrons. The Labute approximate surface area is 142 Å². The van der Waals surface area contributed by atoms with Gasteiger partial charge in [0.15, 0.2) is 5.92 Å². The molecule has 1 atom stereocenters. The molecule has 23 heavy (non-hydrogen) atoms. The number of esters is 2. The minimum atomic E-state index is -1.39. The zero-order chi connectivity index (χ0) is 17.4. The van der Waals surface area contributed by atoms with E-state index < -0.39 is 35.2 Å². The third-order valence-corrected chi connectivity index (χ3v) is 3.86. The summed E-state index contributed by atoms with van der Waals surface area (Å²) in [4.78, 5) is 34.9. The Balaban J connectivity index is 3.31. The van der Waals surface area contributed by atoms with E-state index in [-0.39, 0.29) is 13.2 Å².